The molecule has 0 bridgehead atoms. The van der Waals surface area contributed by atoms with Crippen LogP contribution >= 0.6 is 0 Å². The molecule has 136 valence electrons. The van der Waals surface area contributed by atoms with Gasteiger partial charge in [-0.05, 0) is 31.2 Å². The van der Waals surface area contributed by atoms with Gasteiger partial charge in [0.2, 0.25) is 11.7 Å². The van der Waals surface area contributed by atoms with E-state index in [1.54, 1.807) is 13.8 Å². The smallest absolute Gasteiger partial charge is 0.236 e. The molecule has 1 aromatic carbocycles. The lowest BCUT2D eigenvalue weighted by atomic mass is 9.85. The molecular weight excluding hydrogens is 316 g/mol. The third-order valence-electron chi connectivity index (χ3n) is 4.88. The molecule has 1 heterocycles. The molecule has 1 aliphatic heterocycles. The second-order valence-corrected chi connectivity index (χ2v) is 7.28. The molecule has 1 saturated heterocycles. The van der Waals surface area contributed by atoms with Crippen molar-refractivity contribution in [3.8, 4) is 0 Å². The maximum atomic E-state index is 12.5. The first-order valence-electron chi connectivity index (χ1n) is 9.03. The van der Waals surface area contributed by atoms with Gasteiger partial charge in [0.15, 0.2) is 6.29 Å². The highest BCUT2D eigenvalue weighted by Crippen LogP contribution is 2.23. The Morgan fingerprint density at radius 3 is 2.56 bits per heavy atom. The summed E-state index contributed by atoms with van der Waals surface area (Å²) in [6.45, 7) is 5.76. The fraction of sp³-hybridized carbons (Fsp3) is 0.550. The van der Waals surface area contributed by atoms with E-state index in [1.165, 1.54) is 5.56 Å². The van der Waals surface area contributed by atoms with Crippen LogP contribution in [0, 0.1) is 5.41 Å². The third kappa shape index (κ3) is 5.49. The van der Waals surface area contributed by atoms with Gasteiger partial charge in [-0.2, -0.15) is 0 Å². The molecule has 25 heavy (non-hydrogen) atoms. The summed E-state index contributed by atoms with van der Waals surface area (Å²) in [4.78, 5) is 34.9. The van der Waals surface area contributed by atoms with Crippen LogP contribution in [0.25, 0.3) is 0 Å². The minimum Gasteiger partial charge on any atom is -0.295 e. The molecule has 1 aliphatic rings. The summed E-state index contributed by atoms with van der Waals surface area (Å²) < 4.78 is 0. The fourth-order valence-electron chi connectivity index (χ4n) is 3.09. The highest BCUT2D eigenvalue weighted by atomic mass is 16.2. The quantitative estimate of drug-likeness (QED) is 0.510. The number of carbonyl (C=O) groups excluding carboxylic acids is 3. The van der Waals surface area contributed by atoms with Crippen LogP contribution in [0.5, 0.6) is 0 Å². The zero-order valence-electron chi connectivity index (χ0n) is 15.2. The number of amides is 1. The SMILES string of the molecule is CC(C)(CCN1CCCN1C(=O)CCCc1ccccc1)C(=O)C=O. The van der Waals surface area contributed by atoms with Crippen molar-refractivity contribution in [2.75, 3.05) is 19.6 Å². The molecule has 0 radical (unpaired) electrons. The summed E-state index contributed by atoms with van der Waals surface area (Å²) in [7, 11) is 0. The minimum absolute atomic E-state index is 0.146. The standard InChI is InChI=1S/C20H28N2O3/c1-20(2,18(24)16-23)12-15-21-13-7-14-22(21)19(25)11-6-10-17-8-4-3-5-9-17/h3-5,8-9,16H,6-7,10-15H2,1-2H3. The van der Waals surface area contributed by atoms with E-state index in [0.29, 0.717) is 25.7 Å². The molecule has 0 spiro atoms. The second-order valence-electron chi connectivity index (χ2n) is 7.28. The second kappa shape index (κ2) is 8.90. The van der Waals surface area contributed by atoms with Crippen LogP contribution < -0.4 is 0 Å². The molecule has 0 saturated carbocycles. The minimum atomic E-state index is -0.674. The van der Waals surface area contributed by atoms with Gasteiger partial charge in [0.1, 0.15) is 0 Å². The number of benzene rings is 1. The lowest BCUT2D eigenvalue weighted by Gasteiger charge is -2.31. The zero-order chi connectivity index (χ0) is 18.3. The van der Waals surface area contributed by atoms with Crippen LogP contribution in [0.3, 0.4) is 0 Å². The van der Waals surface area contributed by atoms with E-state index in [9.17, 15) is 14.4 Å². The van der Waals surface area contributed by atoms with Crippen molar-refractivity contribution in [3.63, 3.8) is 0 Å². The first kappa shape index (κ1) is 19.3. The van der Waals surface area contributed by atoms with Crippen molar-refractivity contribution in [2.24, 2.45) is 5.41 Å². The van der Waals surface area contributed by atoms with Gasteiger partial charge >= 0.3 is 0 Å². The summed E-state index contributed by atoms with van der Waals surface area (Å²) in [5.41, 5.74) is 0.578. The number of hydrazine groups is 1. The van der Waals surface area contributed by atoms with Gasteiger partial charge in [0, 0.05) is 31.5 Å². The molecule has 0 aliphatic carbocycles. The predicted octanol–water partition coefficient (Wildman–Crippen LogP) is 2.64. The number of nitrogens with zero attached hydrogens (tertiary/aromatic N) is 2. The van der Waals surface area contributed by atoms with E-state index in [4.69, 9.17) is 0 Å². The number of ketones is 1. The Balaban J connectivity index is 1.80. The number of aryl methyl sites for hydroxylation is 1. The number of hydrogen-bond acceptors (Lipinski definition) is 4. The molecule has 2 rings (SSSR count). The highest BCUT2D eigenvalue weighted by Gasteiger charge is 2.31. The predicted molar refractivity (Wildman–Crippen MR) is 96.8 cm³/mol. The Morgan fingerprint density at radius 2 is 1.88 bits per heavy atom. The summed E-state index contributed by atoms with van der Waals surface area (Å²) in [6.07, 6.45) is 4.19. The Labute approximate surface area is 150 Å². The number of rotatable bonds is 9. The molecule has 0 atom stereocenters. The van der Waals surface area contributed by atoms with Crippen LogP contribution in [0.4, 0.5) is 0 Å². The monoisotopic (exact) mass is 344 g/mol. The third-order valence-corrected chi connectivity index (χ3v) is 4.88. The molecule has 1 fully saturated rings. The van der Waals surface area contributed by atoms with Crippen molar-refractivity contribution in [1.82, 2.24) is 10.0 Å². The topological polar surface area (TPSA) is 57.7 Å². The molecule has 1 aromatic rings. The van der Waals surface area contributed by atoms with E-state index in [0.717, 1.165) is 32.4 Å². The van der Waals surface area contributed by atoms with E-state index < -0.39 is 5.41 Å². The molecule has 0 N–H and O–H groups in total. The average molecular weight is 344 g/mol. The van der Waals surface area contributed by atoms with E-state index >= 15 is 0 Å². The molecule has 5 nitrogen and oxygen atoms in total. The average Bonchev–Trinajstić information content (AvgIpc) is 3.09. The van der Waals surface area contributed by atoms with E-state index in [2.05, 4.69) is 12.1 Å². The summed E-state index contributed by atoms with van der Waals surface area (Å²) in [5, 5.41) is 3.86. The molecule has 0 unspecified atom stereocenters. The zero-order valence-corrected chi connectivity index (χ0v) is 15.2. The Morgan fingerprint density at radius 1 is 1.16 bits per heavy atom. The van der Waals surface area contributed by atoms with E-state index in [1.807, 2.05) is 28.2 Å². The van der Waals surface area contributed by atoms with Gasteiger partial charge in [-0.1, -0.05) is 44.2 Å². The fourth-order valence-corrected chi connectivity index (χ4v) is 3.09. The number of hydrogen-bond donors (Lipinski definition) is 0. The lowest BCUT2D eigenvalue weighted by molar-refractivity contribution is -0.145. The highest BCUT2D eigenvalue weighted by molar-refractivity contribution is 6.27. The van der Waals surface area contributed by atoms with Gasteiger partial charge < -0.3 is 0 Å². The molecule has 1 amide bonds. The Kier molecular flexibility index (Phi) is 6.88. The van der Waals surface area contributed by atoms with Crippen LogP contribution in [0.15, 0.2) is 30.3 Å². The molecular formula is C20H28N2O3. The number of aldehydes is 1. The van der Waals surface area contributed by atoms with Gasteiger partial charge in [-0.15, -0.1) is 0 Å². The summed E-state index contributed by atoms with van der Waals surface area (Å²) in [5.74, 6) is -0.236. The normalized spacial score (nSPS) is 15.4. The maximum Gasteiger partial charge on any atom is 0.236 e. The number of Topliss-reactive ketones (excluding diaryl/α,β-unsaturated/α-hetero) is 1. The van der Waals surface area contributed by atoms with Crippen molar-refractivity contribution in [1.29, 1.82) is 0 Å². The van der Waals surface area contributed by atoms with Gasteiger partial charge in [-0.3, -0.25) is 19.4 Å². The maximum absolute atomic E-state index is 12.5. The summed E-state index contributed by atoms with van der Waals surface area (Å²) in [6, 6.07) is 10.2. The summed E-state index contributed by atoms with van der Waals surface area (Å²) >= 11 is 0. The first-order valence-corrected chi connectivity index (χ1v) is 9.03. The van der Waals surface area contributed by atoms with Crippen LogP contribution in [-0.4, -0.2) is 47.6 Å². The van der Waals surface area contributed by atoms with Gasteiger partial charge in [0.05, 0.1) is 0 Å². The van der Waals surface area contributed by atoms with E-state index in [-0.39, 0.29) is 11.7 Å². The van der Waals surface area contributed by atoms with Crippen molar-refractivity contribution < 1.29 is 14.4 Å². The lowest BCUT2D eigenvalue weighted by Crippen LogP contribution is -2.43. The van der Waals surface area contributed by atoms with Crippen molar-refractivity contribution in [2.45, 2.75) is 46.0 Å². The Hall–Kier alpha value is -2.01. The molecule has 5 heteroatoms. The van der Waals surface area contributed by atoms with Gasteiger partial charge in [0.25, 0.3) is 0 Å². The Bertz CT molecular complexity index is 598. The van der Waals surface area contributed by atoms with Crippen molar-refractivity contribution in [3.05, 3.63) is 35.9 Å². The largest absolute Gasteiger partial charge is 0.295 e. The van der Waals surface area contributed by atoms with Crippen LogP contribution in [0.1, 0.15) is 45.1 Å². The van der Waals surface area contributed by atoms with Crippen LogP contribution in [0.2, 0.25) is 0 Å². The molecule has 0 aromatic heterocycles. The first-order chi connectivity index (χ1) is 11.9. The van der Waals surface area contributed by atoms with Crippen molar-refractivity contribution >= 4 is 18.0 Å². The van der Waals surface area contributed by atoms with Gasteiger partial charge in [-0.25, -0.2) is 5.01 Å². The number of carbonyl (C=O) groups is 3. The van der Waals surface area contributed by atoms with Crippen LogP contribution in [-0.2, 0) is 20.8 Å².